The molecule has 1 heterocycles. The van der Waals surface area contributed by atoms with E-state index >= 15 is 0 Å². The van der Waals surface area contributed by atoms with Crippen molar-refractivity contribution in [3.8, 4) is 5.75 Å². The molecule has 0 saturated heterocycles. The summed E-state index contributed by atoms with van der Waals surface area (Å²) in [6.45, 7) is 1.94. The van der Waals surface area contributed by atoms with Crippen LogP contribution in [0.4, 0.5) is 0 Å². The molecule has 3 nitrogen and oxygen atoms in total. The number of carboxylic acid groups (broad SMARTS) is 1. The number of hydrogen-bond donors (Lipinski definition) is 1. The number of thiophene rings is 1. The average molecular weight is 222 g/mol. The Bertz CT molecular complexity index is 528. The lowest BCUT2D eigenvalue weighted by Gasteiger charge is -2.03. The number of aromatic carboxylic acids is 1. The Morgan fingerprint density at radius 3 is 2.73 bits per heavy atom. The van der Waals surface area contributed by atoms with E-state index in [1.165, 1.54) is 11.3 Å². The van der Waals surface area contributed by atoms with E-state index in [1.807, 2.05) is 19.1 Å². The largest absolute Gasteiger partial charge is 0.496 e. The molecule has 0 radical (unpaired) electrons. The van der Waals surface area contributed by atoms with Crippen molar-refractivity contribution in [3.63, 3.8) is 0 Å². The number of benzene rings is 1. The Labute approximate surface area is 90.9 Å². The summed E-state index contributed by atoms with van der Waals surface area (Å²) in [4.78, 5) is 11.1. The van der Waals surface area contributed by atoms with E-state index in [4.69, 9.17) is 9.84 Å². The highest BCUT2D eigenvalue weighted by Crippen LogP contribution is 2.31. The lowest BCUT2D eigenvalue weighted by Crippen LogP contribution is -1.89. The molecule has 0 spiro atoms. The van der Waals surface area contributed by atoms with Crippen molar-refractivity contribution in [2.24, 2.45) is 0 Å². The Morgan fingerprint density at radius 1 is 1.40 bits per heavy atom. The molecule has 78 valence electrons. The third kappa shape index (κ3) is 1.68. The molecule has 0 saturated carbocycles. The summed E-state index contributed by atoms with van der Waals surface area (Å²) >= 11 is 1.26. The quantitative estimate of drug-likeness (QED) is 0.849. The maximum absolute atomic E-state index is 10.8. The first kappa shape index (κ1) is 9.98. The van der Waals surface area contributed by atoms with Gasteiger partial charge in [-0.25, -0.2) is 4.79 Å². The summed E-state index contributed by atoms with van der Waals surface area (Å²) in [5, 5.41) is 9.82. The number of hydrogen-bond acceptors (Lipinski definition) is 3. The van der Waals surface area contributed by atoms with Crippen molar-refractivity contribution in [1.82, 2.24) is 0 Å². The number of methoxy groups -OCH3 is 1. The van der Waals surface area contributed by atoms with Crippen LogP contribution in [0.5, 0.6) is 5.75 Å². The molecule has 0 aliphatic rings. The van der Waals surface area contributed by atoms with Gasteiger partial charge in [0.25, 0.3) is 0 Å². The van der Waals surface area contributed by atoms with Gasteiger partial charge in [-0.05, 0) is 36.1 Å². The van der Waals surface area contributed by atoms with Gasteiger partial charge in [0.15, 0.2) is 0 Å². The minimum absolute atomic E-state index is 0.359. The fourth-order valence-corrected chi connectivity index (χ4v) is 2.42. The van der Waals surface area contributed by atoms with Gasteiger partial charge < -0.3 is 9.84 Å². The predicted molar refractivity (Wildman–Crippen MR) is 60.1 cm³/mol. The third-order valence-electron chi connectivity index (χ3n) is 2.24. The summed E-state index contributed by atoms with van der Waals surface area (Å²) in [5.74, 6) is -0.0888. The molecule has 2 rings (SSSR count). The number of aryl methyl sites for hydroxylation is 1. The van der Waals surface area contributed by atoms with E-state index < -0.39 is 5.97 Å². The van der Waals surface area contributed by atoms with Gasteiger partial charge in [0.05, 0.1) is 7.11 Å². The molecule has 1 N–H and O–H groups in total. The second-order valence-corrected chi connectivity index (χ2v) is 4.36. The molecule has 0 amide bonds. The molecule has 0 bridgehead atoms. The van der Waals surface area contributed by atoms with E-state index in [-0.39, 0.29) is 0 Å². The van der Waals surface area contributed by atoms with Crippen LogP contribution < -0.4 is 4.74 Å². The van der Waals surface area contributed by atoms with Crippen LogP contribution in [0.25, 0.3) is 10.1 Å². The zero-order valence-corrected chi connectivity index (χ0v) is 9.22. The number of fused-ring (bicyclic) bond motifs is 1. The van der Waals surface area contributed by atoms with Gasteiger partial charge in [0.2, 0.25) is 0 Å². The van der Waals surface area contributed by atoms with Gasteiger partial charge in [-0.1, -0.05) is 0 Å². The van der Waals surface area contributed by atoms with Gasteiger partial charge in [0, 0.05) is 4.70 Å². The summed E-state index contributed by atoms with van der Waals surface area (Å²) in [7, 11) is 1.61. The van der Waals surface area contributed by atoms with Crippen LogP contribution in [0, 0.1) is 6.92 Å². The van der Waals surface area contributed by atoms with Crippen LogP contribution >= 0.6 is 11.3 Å². The first-order chi connectivity index (χ1) is 7.11. The smallest absolute Gasteiger partial charge is 0.345 e. The van der Waals surface area contributed by atoms with Crippen LogP contribution in [-0.4, -0.2) is 18.2 Å². The molecule has 1 aromatic heterocycles. The molecule has 0 atom stereocenters. The highest BCUT2D eigenvalue weighted by atomic mass is 32.1. The minimum atomic E-state index is -0.882. The van der Waals surface area contributed by atoms with Crippen LogP contribution in [-0.2, 0) is 0 Å². The topological polar surface area (TPSA) is 46.5 Å². The fraction of sp³-hybridized carbons (Fsp3) is 0.182. The third-order valence-corrected chi connectivity index (χ3v) is 3.33. The van der Waals surface area contributed by atoms with Crippen LogP contribution in [0.15, 0.2) is 18.2 Å². The maximum atomic E-state index is 10.8. The number of carbonyl (C=O) groups is 1. The molecule has 2 aromatic rings. The standard InChI is InChI=1S/C11H10O3S/c1-6-3-7-4-10(11(12)13)15-9(7)5-8(6)14-2/h3-5H,1-2H3,(H,12,13). The number of ether oxygens (including phenoxy) is 1. The number of carboxylic acids is 1. The van der Waals surface area contributed by atoms with E-state index in [9.17, 15) is 4.79 Å². The Hall–Kier alpha value is -1.55. The van der Waals surface area contributed by atoms with E-state index in [1.54, 1.807) is 13.2 Å². The van der Waals surface area contributed by atoms with Crippen LogP contribution in [0.2, 0.25) is 0 Å². The molecular formula is C11H10O3S. The summed E-state index contributed by atoms with van der Waals surface area (Å²) < 4.78 is 6.12. The van der Waals surface area contributed by atoms with Gasteiger partial charge in [0.1, 0.15) is 10.6 Å². The second kappa shape index (κ2) is 3.55. The number of rotatable bonds is 2. The lowest BCUT2D eigenvalue weighted by molar-refractivity contribution is 0.0702. The van der Waals surface area contributed by atoms with Gasteiger partial charge >= 0.3 is 5.97 Å². The monoisotopic (exact) mass is 222 g/mol. The van der Waals surface area contributed by atoms with Gasteiger partial charge in [-0.3, -0.25) is 0 Å². The highest BCUT2D eigenvalue weighted by Gasteiger charge is 2.10. The maximum Gasteiger partial charge on any atom is 0.345 e. The molecule has 0 fully saturated rings. The Balaban J connectivity index is 2.66. The molecule has 0 unspecified atom stereocenters. The van der Waals surface area contributed by atoms with Gasteiger partial charge in [-0.15, -0.1) is 11.3 Å². The summed E-state index contributed by atoms with van der Waals surface area (Å²) in [6, 6.07) is 5.51. The van der Waals surface area contributed by atoms with Crippen molar-refractivity contribution >= 4 is 27.4 Å². The van der Waals surface area contributed by atoms with Crippen molar-refractivity contribution in [1.29, 1.82) is 0 Å². The van der Waals surface area contributed by atoms with Crippen molar-refractivity contribution in [2.75, 3.05) is 7.11 Å². The first-order valence-corrected chi connectivity index (χ1v) is 5.25. The minimum Gasteiger partial charge on any atom is -0.496 e. The summed E-state index contributed by atoms with van der Waals surface area (Å²) in [6.07, 6.45) is 0. The molecule has 1 aromatic carbocycles. The first-order valence-electron chi connectivity index (χ1n) is 4.43. The van der Waals surface area contributed by atoms with Crippen molar-refractivity contribution in [3.05, 3.63) is 28.6 Å². The lowest BCUT2D eigenvalue weighted by atomic mass is 10.1. The molecule has 4 heteroatoms. The fourth-order valence-electron chi connectivity index (χ4n) is 1.51. The highest BCUT2D eigenvalue weighted by molar-refractivity contribution is 7.20. The zero-order valence-electron chi connectivity index (χ0n) is 8.40. The molecular weight excluding hydrogens is 212 g/mol. The normalized spacial score (nSPS) is 10.5. The molecule has 0 aliphatic heterocycles. The van der Waals surface area contributed by atoms with E-state index in [0.29, 0.717) is 4.88 Å². The Morgan fingerprint density at radius 2 is 2.13 bits per heavy atom. The molecule has 0 aliphatic carbocycles. The van der Waals surface area contributed by atoms with Crippen molar-refractivity contribution < 1.29 is 14.6 Å². The second-order valence-electron chi connectivity index (χ2n) is 3.28. The summed E-state index contributed by atoms with van der Waals surface area (Å²) in [5.41, 5.74) is 1.01. The van der Waals surface area contributed by atoms with Crippen LogP contribution in [0.3, 0.4) is 0 Å². The van der Waals surface area contributed by atoms with E-state index in [0.717, 1.165) is 21.4 Å². The predicted octanol–water partition coefficient (Wildman–Crippen LogP) is 2.92. The van der Waals surface area contributed by atoms with E-state index in [2.05, 4.69) is 0 Å². The van der Waals surface area contributed by atoms with Gasteiger partial charge in [-0.2, -0.15) is 0 Å². The van der Waals surface area contributed by atoms with Crippen LogP contribution in [0.1, 0.15) is 15.2 Å². The van der Waals surface area contributed by atoms with Crippen molar-refractivity contribution in [2.45, 2.75) is 6.92 Å². The SMILES string of the molecule is COc1cc2sc(C(=O)O)cc2cc1C. The molecule has 15 heavy (non-hydrogen) atoms. The zero-order chi connectivity index (χ0) is 11.0. The average Bonchev–Trinajstić information content (AvgIpc) is 2.59. The Kier molecular flexibility index (Phi) is 2.36.